The van der Waals surface area contributed by atoms with Crippen LogP contribution in [0, 0.1) is 0 Å². The van der Waals surface area contributed by atoms with Crippen LogP contribution < -0.4 is 4.74 Å². The van der Waals surface area contributed by atoms with E-state index in [2.05, 4.69) is 0 Å². The Morgan fingerprint density at radius 3 is 2.75 bits per heavy atom. The number of para-hydroxylation sites is 1. The molecule has 1 rings (SSSR count). The van der Waals surface area contributed by atoms with E-state index < -0.39 is 6.29 Å². The zero-order valence-electron chi connectivity index (χ0n) is 6.83. The van der Waals surface area contributed by atoms with Crippen LogP contribution in [0.5, 0.6) is 5.75 Å². The summed E-state index contributed by atoms with van der Waals surface area (Å²) < 4.78 is 5.12. The highest BCUT2D eigenvalue weighted by Crippen LogP contribution is 2.24. The molecule has 1 N–H and O–H groups in total. The van der Waals surface area contributed by atoms with Gasteiger partial charge in [0.15, 0.2) is 6.29 Å². The molecule has 0 aliphatic heterocycles. The van der Waals surface area contributed by atoms with Gasteiger partial charge in [-0.05, 0) is 12.1 Å². The predicted molar refractivity (Wildman–Crippen MR) is 48.4 cm³/mol. The van der Waals surface area contributed by atoms with Gasteiger partial charge >= 0.3 is 0 Å². The second kappa shape index (κ2) is 4.33. The topological polar surface area (TPSA) is 29.5 Å². The second-order valence-corrected chi connectivity index (χ2v) is 2.82. The maximum Gasteiger partial charge on any atom is 0.197 e. The van der Waals surface area contributed by atoms with Crippen LogP contribution in [0.1, 0.15) is 13.3 Å². The van der Waals surface area contributed by atoms with E-state index in [1.54, 1.807) is 12.1 Å². The molecule has 1 unspecified atom stereocenters. The molecular weight excluding hydrogens is 176 g/mol. The Hall–Kier alpha value is -0.730. The van der Waals surface area contributed by atoms with Crippen molar-refractivity contribution in [3.8, 4) is 5.75 Å². The number of hydrogen-bond donors (Lipinski definition) is 1. The first-order valence-corrected chi connectivity index (χ1v) is 4.21. The molecular formula is C9H11ClO2. The molecule has 0 aromatic heterocycles. The lowest BCUT2D eigenvalue weighted by Crippen LogP contribution is -2.13. The fourth-order valence-electron chi connectivity index (χ4n) is 0.770. The molecule has 2 nitrogen and oxygen atoms in total. The number of hydrogen-bond acceptors (Lipinski definition) is 2. The van der Waals surface area contributed by atoms with Gasteiger partial charge in [-0.25, -0.2) is 0 Å². The van der Waals surface area contributed by atoms with Crippen LogP contribution in [0.4, 0.5) is 0 Å². The van der Waals surface area contributed by atoms with Crippen molar-refractivity contribution in [2.75, 3.05) is 0 Å². The molecule has 0 radical (unpaired) electrons. The van der Waals surface area contributed by atoms with E-state index in [1.807, 2.05) is 19.1 Å². The Kier molecular flexibility index (Phi) is 3.38. The van der Waals surface area contributed by atoms with Crippen LogP contribution in [-0.4, -0.2) is 11.4 Å². The molecule has 3 heteroatoms. The molecule has 0 bridgehead atoms. The Bertz CT molecular complexity index is 250. The largest absolute Gasteiger partial charge is 0.464 e. The van der Waals surface area contributed by atoms with Gasteiger partial charge in [-0.15, -0.1) is 0 Å². The Balaban J connectivity index is 2.69. The van der Waals surface area contributed by atoms with Gasteiger partial charge in [0.05, 0.1) is 5.02 Å². The minimum absolute atomic E-state index is 0.519. The van der Waals surface area contributed by atoms with Gasteiger partial charge in [0.25, 0.3) is 0 Å². The van der Waals surface area contributed by atoms with Crippen LogP contribution in [0.2, 0.25) is 5.02 Å². The van der Waals surface area contributed by atoms with Gasteiger partial charge in [-0.3, -0.25) is 0 Å². The fourth-order valence-corrected chi connectivity index (χ4v) is 0.950. The minimum Gasteiger partial charge on any atom is -0.464 e. The van der Waals surface area contributed by atoms with E-state index in [4.69, 9.17) is 21.4 Å². The van der Waals surface area contributed by atoms with Crippen molar-refractivity contribution >= 4 is 11.6 Å². The van der Waals surface area contributed by atoms with Crippen molar-refractivity contribution < 1.29 is 9.84 Å². The van der Waals surface area contributed by atoms with E-state index in [9.17, 15) is 0 Å². The van der Waals surface area contributed by atoms with Crippen molar-refractivity contribution in [1.82, 2.24) is 0 Å². The lowest BCUT2D eigenvalue weighted by molar-refractivity contribution is -0.0190. The Morgan fingerprint density at radius 1 is 1.50 bits per heavy atom. The number of benzene rings is 1. The lowest BCUT2D eigenvalue weighted by atomic mass is 10.3. The zero-order chi connectivity index (χ0) is 8.97. The van der Waals surface area contributed by atoms with Crippen molar-refractivity contribution in [3.05, 3.63) is 29.3 Å². The van der Waals surface area contributed by atoms with Crippen LogP contribution >= 0.6 is 11.6 Å². The standard InChI is InChI=1S/C9H11ClO2/c1-2-9(11)12-8-6-4-3-5-7(8)10/h3-6,9,11H,2H2,1H3. The zero-order valence-corrected chi connectivity index (χ0v) is 7.58. The molecule has 1 aromatic rings. The predicted octanol–water partition coefficient (Wildman–Crippen LogP) is 2.45. The Labute approximate surface area is 76.7 Å². The molecule has 0 aliphatic carbocycles. The highest BCUT2D eigenvalue weighted by molar-refractivity contribution is 6.32. The maximum atomic E-state index is 9.15. The molecule has 0 amide bonds. The van der Waals surface area contributed by atoms with Crippen LogP contribution in [-0.2, 0) is 0 Å². The average molecular weight is 187 g/mol. The third kappa shape index (κ3) is 2.40. The summed E-state index contributed by atoms with van der Waals surface area (Å²) in [6, 6.07) is 7.07. The highest BCUT2D eigenvalue weighted by Gasteiger charge is 2.04. The van der Waals surface area contributed by atoms with Crippen molar-refractivity contribution in [2.45, 2.75) is 19.6 Å². The van der Waals surface area contributed by atoms with Crippen LogP contribution in [0.3, 0.4) is 0 Å². The SMILES string of the molecule is CCC(O)Oc1ccccc1Cl. The summed E-state index contributed by atoms with van der Waals surface area (Å²) in [7, 11) is 0. The minimum atomic E-state index is -0.773. The van der Waals surface area contributed by atoms with Gasteiger partial charge < -0.3 is 9.84 Å². The summed E-state index contributed by atoms with van der Waals surface area (Å²) in [5.74, 6) is 0.522. The summed E-state index contributed by atoms with van der Waals surface area (Å²) in [4.78, 5) is 0. The molecule has 0 spiro atoms. The van der Waals surface area contributed by atoms with E-state index in [-0.39, 0.29) is 0 Å². The summed E-state index contributed by atoms with van der Waals surface area (Å²) in [5, 5.41) is 9.67. The molecule has 0 aliphatic rings. The fraction of sp³-hybridized carbons (Fsp3) is 0.333. The first kappa shape index (κ1) is 9.36. The first-order valence-electron chi connectivity index (χ1n) is 3.83. The third-order valence-electron chi connectivity index (χ3n) is 1.45. The van der Waals surface area contributed by atoms with Crippen LogP contribution in [0.15, 0.2) is 24.3 Å². The van der Waals surface area contributed by atoms with Gasteiger partial charge in [0.2, 0.25) is 0 Å². The number of ether oxygens (including phenoxy) is 1. The van der Waals surface area contributed by atoms with E-state index >= 15 is 0 Å². The van der Waals surface area contributed by atoms with Crippen LogP contribution in [0.25, 0.3) is 0 Å². The number of halogens is 1. The summed E-state index contributed by atoms with van der Waals surface area (Å²) in [5.41, 5.74) is 0. The maximum absolute atomic E-state index is 9.15. The third-order valence-corrected chi connectivity index (χ3v) is 1.76. The Morgan fingerprint density at radius 2 is 2.17 bits per heavy atom. The molecule has 0 heterocycles. The van der Waals surface area contributed by atoms with E-state index in [0.29, 0.717) is 17.2 Å². The van der Waals surface area contributed by atoms with E-state index in [0.717, 1.165) is 0 Å². The molecule has 0 fully saturated rings. The molecule has 0 saturated heterocycles. The quantitative estimate of drug-likeness (QED) is 0.735. The van der Waals surface area contributed by atoms with Crippen molar-refractivity contribution in [2.24, 2.45) is 0 Å². The molecule has 12 heavy (non-hydrogen) atoms. The summed E-state index contributed by atoms with van der Waals surface area (Å²) >= 11 is 5.79. The molecule has 66 valence electrons. The van der Waals surface area contributed by atoms with Crippen molar-refractivity contribution in [3.63, 3.8) is 0 Å². The number of aliphatic hydroxyl groups is 1. The van der Waals surface area contributed by atoms with E-state index in [1.165, 1.54) is 0 Å². The monoisotopic (exact) mass is 186 g/mol. The summed E-state index contributed by atoms with van der Waals surface area (Å²) in [6.07, 6.45) is -0.226. The van der Waals surface area contributed by atoms with Gasteiger partial charge in [0.1, 0.15) is 5.75 Å². The normalized spacial score (nSPS) is 12.6. The molecule has 1 atom stereocenters. The molecule has 1 aromatic carbocycles. The smallest absolute Gasteiger partial charge is 0.197 e. The number of aliphatic hydroxyl groups excluding tert-OH is 1. The average Bonchev–Trinajstić information content (AvgIpc) is 2.09. The first-order chi connectivity index (χ1) is 5.74. The summed E-state index contributed by atoms with van der Waals surface area (Å²) in [6.45, 7) is 1.83. The second-order valence-electron chi connectivity index (χ2n) is 2.41. The number of rotatable bonds is 3. The van der Waals surface area contributed by atoms with Gasteiger partial charge in [0, 0.05) is 6.42 Å². The lowest BCUT2D eigenvalue weighted by Gasteiger charge is -2.11. The van der Waals surface area contributed by atoms with Crippen molar-refractivity contribution in [1.29, 1.82) is 0 Å². The molecule has 0 saturated carbocycles. The van der Waals surface area contributed by atoms with Gasteiger partial charge in [-0.2, -0.15) is 0 Å². The highest BCUT2D eigenvalue weighted by atomic mass is 35.5. The van der Waals surface area contributed by atoms with Gasteiger partial charge in [-0.1, -0.05) is 30.7 Å².